The summed E-state index contributed by atoms with van der Waals surface area (Å²) in [5, 5.41) is 8.52. The number of thiophene rings is 1. The monoisotopic (exact) mass is 245 g/mol. The minimum atomic E-state index is -0.817. The summed E-state index contributed by atoms with van der Waals surface area (Å²) >= 11 is 1.60. The highest BCUT2D eigenvalue weighted by Crippen LogP contribution is 2.27. The van der Waals surface area contributed by atoms with Crippen molar-refractivity contribution in [2.45, 2.75) is 6.42 Å². The Kier molecular flexibility index (Phi) is 3.67. The second kappa shape index (κ2) is 5.41. The van der Waals surface area contributed by atoms with E-state index in [-0.39, 0.29) is 6.42 Å². The van der Waals surface area contributed by atoms with E-state index in [1.165, 1.54) is 0 Å². The number of hydrogen-bond donors (Lipinski definition) is 1. The van der Waals surface area contributed by atoms with Crippen molar-refractivity contribution in [1.29, 1.82) is 0 Å². The summed E-state index contributed by atoms with van der Waals surface area (Å²) in [6.45, 7) is 0. The van der Waals surface area contributed by atoms with E-state index < -0.39 is 5.97 Å². The molecule has 3 nitrogen and oxygen atoms in total. The SMILES string of the molecule is O=C(O)C/C=C/c1ccc(-c2ccccn2)s1. The van der Waals surface area contributed by atoms with Crippen molar-refractivity contribution in [3.63, 3.8) is 0 Å². The predicted molar refractivity (Wildman–Crippen MR) is 68.8 cm³/mol. The standard InChI is InChI=1S/C13H11NO2S/c15-13(16)6-3-4-10-7-8-12(17-10)11-5-1-2-9-14-11/h1-5,7-9H,6H2,(H,15,16)/b4-3+. The zero-order valence-electron chi connectivity index (χ0n) is 9.04. The summed E-state index contributed by atoms with van der Waals surface area (Å²) in [4.78, 5) is 16.7. The lowest BCUT2D eigenvalue weighted by atomic mass is 10.3. The molecule has 4 heteroatoms. The number of hydrogen-bond acceptors (Lipinski definition) is 3. The third-order valence-corrected chi connectivity index (χ3v) is 3.19. The van der Waals surface area contributed by atoms with Crippen molar-refractivity contribution in [2.75, 3.05) is 0 Å². The smallest absolute Gasteiger partial charge is 0.307 e. The van der Waals surface area contributed by atoms with Gasteiger partial charge in [-0.05, 0) is 30.3 Å². The quantitative estimate of drug-likeness (QED) is 0.899. The summed E-state index contributed by atoms with van der Waals surface area (Å²) in [6, 6.07) is 9.74. The third kappa shape index (κ3) is 3.26. The first-order valence-corrected chi connectivity index (χ1v) is 5.97. The number of nitrogens with zero attached hydrogens (tertiary/aromatic N) is 1. The number of aliphatic carboxylic acids is 1. The molecule has 86 valence electrons. The van der Waals surface area contributed by atoms with Crippen LogP contribution in [-0.4, -0.2) is 16.1 Å². The first-order chi connectivity index (χ1) is 8.25. The van der Waals surface area contributed by atoms with Crippen LogP contribution in [0.4, 0.5) is 0 Å². The van der Waals surface area contributed by atoms with Gasteiger partial charge >= 0.3 is 5.97 Å². The van der Waals surface area contributed by atoms with Crippen molar-refractivity contribution in [3.05, 3.63) is 47.5 Å². The minimum absolute atomic E-state index is 0.0524. The van der Waals surface area contributed by atoms with E-state index in [0.717, 1.165) is 15.4 Å². The van der Waals surface area contributed by atoms with Crippen LogP contribution in [-0.2, 0) is 4.79 Å². The van der Waals surface area contributed by atoms with Gasteiger partial charge in [-0.1, -0.05) is 12.1 Å². The Bertz CT molecular complexity index is 531. The third-order valence-electron chi connectivity index (χ3n) is 2.12. The normalized spacial score (nSPS) is 10.8. The van der Waals surface area contributed by atoms with Gasteiger partial charge in [0, 0.05) is 11.1 Å². The zero-order chi connectivity index (χ0) is 12.1. The average molecular weight is 245 g/mol. The van der Waals surface area contributed by atoms with E-state index >= 15 is 0 Å². The molecule has 2 aromatic rings. The molecule has 0 amide bonds. The fourth-order valence-corrected chi connectivity index (χ4v) is 2.28. The maximum Gasteiger partial charge on any atom is 0.307 e. The summed E-state index contributed by atoms with van der Waals surface area (Å²) in [5.74, 6) is -0.817. The summed E-state index contributed by atoms with van der Waals surface area (Å²) in [7, 11) is 0. The van der Waals surface area contributed by atoms with Crippen LogP contribution >= 0.6 is 11.3 Å². The molecule has 0 aliphatic rings. The fourth-order valence-electron chi connectivity index (χ4n) is 1.36. The lowest BCUT2D eigenvalue weighted by Gasteiger charge is -1.93. The van der Waals surface area contributed by atoms with E-state index in [1.54, 1.807) is 23.6 Å². The second-order valence-electron chi connectivity index (χ2n) is 3.42. The number of carboxylic acids is 1. The van der Waals surface area contributed by atoms with Gasteiger partial charge in [-0.15, -0.1) is 11.3 Å². The Morgan fingerprint density at radius 2 is 2.24 bits per heavy atom. The van der Waals surface area contributed by atoms with E-state index in [4.69, 9.17) is 5.11 Å². The first-order valence-electron chi connectivity index (χ1n) is 5.15. The summed E-state index contributed by atoms with van der Waals surface area (Å²) < 4.78 is 0. The molecule has 1 N–H and O–H groups in total. The van der Waals surface area contributed by atoms with E-state index in [9.17, 15) is 4.79 Å². The zero-order valence-corrected chi connectivity index (χ0v) is 9.85. The van der Waals surface area contributed by atoms with Gasteiger partial charge < -0.3 is 5.11 Å². The molecule has 0 fully saturated rings. The van der Waals surface area contributed by atoms with Gasteiger partial charge in [0.2, 0.25) is 0 Å². The Morgan fingerprint density at radius 1 is 1.35 bits per heavy atom. The molecule has 0 saturated carbocycles. The minimum Gasteiger partial charge on any atom is -0.481 e. The highest BCUT2D eigenvalue weighted by Gasteiger charge is 2.01. The van der Waals surface area contributed by atoms with Gasteiger partial charge in [0.25, 0.3) is 0 Å². The maximum absolute atomic E-state index is 10.4. The lowest BCUT2D eigenvalue weighted by molar-refractivity contribution is -0.135. The Morgan fingerprint density at radius 3 is 2.94 bits per heavy atom. The molecule has 0 aliphatic carbocycles. The van der Waals surface area contributed by atoms with Crippen molar-refractivity contribution in [2.24, 2.45) is 0 Å². The van der Waals surface area contributed by atoms with Crippen LogP contribution in [0.1, 0.15) is 11.3 Å². The van der Waals surface area contributed by atoms with Crippen LogP contribution < -0.4 is 0 Å². The Balaban J connectivity index is 2.11. The molecule has 2 aromatic heterocycles. The van der Waals surface area contributed by atoms with Gasteiger partial charge in [-0.25, -0.2) is 0 Å². The number of aromatic nitrogens is 1. The molecule has 0 bridgehead atoms. The molecular weight excluding hydrogens is 234 g/mol. The molecular formula is C13H11NO2S. The topological polar surface area (TPSA) is 50.2 Å². The molecule has 2 rings (SSSR count). The Hall–Kier alpha value is -1.94. The molecule has 0 spiro atoms. The molecule has 0 radical (unpaired) electrons. The fraction of sp³-hybridized carbons (Fsp3) is 0.0769. The molecule has 0 aromatic carbocycles. The highest BCUT2D eigenvalue weighted by molar-refractivity contribution is 7.16. The van der Waals surface area contributed by atoms with Crippen molar-refractivity contribution >= 4 is 23.4 Å². The van der Waals surface area contributed by atoms with Gasteiger partial charge in [-0.3, -0.25) is 9.78 Å². The lowest BCUT2D eigenvalue weighted by Crippen LogP contribution is -1.89. The van der Waals surface area contributed by atoms with Crippen LogP contribution in [0.5, 0.6) is 0 Å². The number of rotatable bonds is 4. The number of carbonyl (C=O) groups is 1. The van der Waals surface area contributed by atoms with Gasteiger partial charge in [-0.2, -0.15) is 0 Å². The van der Waals surface area contributed by atoms with Crippen LogP contribution in [0.3, 0.4) is 0 Å². The maximum atomic E-state index is 10.4. The molecule has 0 unspecified atom stereocenters. The molecule has 17 heavy (non-hydrogen) atoms. The Labute approximate surface area is 103 Å². The van der Waals surface area contributed by atoms with Crippen molar-refractivity contribution in [3.8, 4) is 10.6 Å². The van der Waals surface area contributed by atoms with Crippen LogP contribution in [0, 0.1) is 0 Å². The van der Waals surface area contributed by atoms with Crippen molar-refractivity contribution in [1.82, 2.24) is 4.98 Å². The van der Waals surface area contributed by atoms with Crippen LogP contribution in [0.2, 0.25) is 0 Å². The largest absolute Gasteiger partial charge is 0.481 e. The van der Waals surface area contributed by atoms with Crippen LogP contribution in [0.25, 0.3) is 16.6 Å². The van der Waals surface area contributed by atoms with Gasteiger partial charge in [0.1, 0.15) is 0 Å². The van der Waals surface area contributed by atoms with E-state index in [1.807, 2.05) is 36.4 Å². The van der Waals surface area contributed by atoms with E-state index in [0.29, 0.717) is 0 Å². The average Bonchev–Trinajstić information content (AvgIpc) is 2.78. The highest BCUT2D eigenvalue weighted by atomic mass is 32.1. The predicted octanol–water partition coefficient (Wildman–Crippen LogP) is 3.30. The van der Waals surface area contributed by atoms with Gasteiger partial charge in [0.05, 0.1) is 17.0 Å². The molecule has 2 heterocycles. The van der Waals surface area contributed by atoms with Crippen molar-refractivity contribution < 1.29 is 9.90 Å². The molecule has 0 atom stereocenters. The number of pyridine rings is 1. The van der Waals surface area contributed by atoms with Crippen LogP contribution in [0.15, 0.2) is 42.6 Å². The first kappa shape index (κ1) is 11.5. The van der Waals surface area contributed by atoms with E-state index in [2.05, 4.69) is 4.98 Å². The second-order valence-corrected chi connectivity index (χ2v) is 4.53. The molecule has 0 aliphatic heterocycles. The summed E-state index contributed by atoms with van der Waals surface area (Å²) in [5.41, 5.74) is 0.940. The number of carboxylic acid groups (broad SMARTS) is 1. The molecule has 0 saturated heterocycles. The van der Waals surface area contributed by atoms with Gasteiger partial charge in [0.15, 0.2) is 0 Å². The summed E-state index contributed by atoms with van der Waals surface area (Å²) in [6.07, 6.45) is 5.29.